The predicted octanol–water partition coefficient (Wildman–Crippen LogP) is 3.38. The average molecular weight is 289 g/mol. The first-order chi connectivity index (χ1) is 10.1. The number of carbonyl (C=O) groups is 1. The molecule has 1 saturated carbocycles. The Balaban J connectivity index is 1.83. The van der Waals surface area contributed by atoms with Crippen molar-refractivity contribution in [1.29, 1.82) is 0 Å². The van der Waals surface area contributed by atoms with Gasteiger partial charge < -0.3 is 10.6 Å². The third-order valence-corrected chi connectivity index (χ3v) is 4.35. The minimum atomic E-state index is 0.000794. The Morgan fingerprint density at radius 3 is 2.90 bits per heavy atom. The SMILES string of the molecule is CNc1cc(C(=O)NCCC2CCCC(C)C2)cc(C)n1. The van der Waals surface area contributed by atoms with E-state index in [1.165, 1.54) is 25.7 Å². The maximum absolute atomic E-state index is 12.2. The second-order valence-electron chi connectivity index (χ2n) is 6.31. The molecule has 1 fully saturated rings. The molecule has 0 bridgehead atoms. The van der Waals surface area contributed by atoms with Crippen LogP contribution in [0.4, 0.5) is 5.82 Å². The fourth-order valence-electron chi connectivity index (χ4n) is 3.24. The van der Waals surface area contributed by atoms with Gasteiger partial charge in [-0.25, -0.2) is 4.98 Å². The predicted molar refractivity (Wildman–Crippen MR) is 86.6 cm³/mol. The highest BCUT2D eigenvalue weighted by atomic mass is 16.1. The van der Waals surface area contributed by atoms with Crippen molar-refractivity contribution in [3.63, 3.8) is 0 Å². The molecule has 1 aliphatic rings. The van der Waals surface area contributed by atoms with Crippen molar-refractivity contribution in [1.82, 2.24) is 10.3 Å². The maximum Gasteiger partial charge on any atom is 0.251 e. The number of hydrogen-bond acceptors (Lipinski definition) is 3. The van der Waals surface area contributed by atoms with E-state index < -0.39 is 0 Å². The summed E-state index contributed by atoms with van der Waals surface area (Å²) < 4.78 is 0. The van der Waals surface area contributed by atoms with Crippen LogP contribution >= 0.6 is 0 Å². The van der Waals surface area contributed by atoms with Crippen LogP contribution in [0.1, 0.15) is 55.1 Å². The van der Waals surface area contributed by atoms with Gasteiger partial charge in [-0.1, -0.05) is 26.2 Å². The number of rotatable bonds is 5. The number of hydrogen-bond donors (Lipinski definition) is 2. The summed E-state index contributed by atoms with van der Waals surface area (Å²) in [6.07, 6.45) is 6.44. The van der Waals surface area contributed by atoms with Crippen molar-refractivity contribution in [2.45, 2.75) is 46.0 Å². The van der Waals surface area contributed by atoms with Gasteiger partial charge in [-0.3, -0.25) is 4.79 Å². The summed E-state index contributed by atoms with van der Waals surface area (Å²) in [4.78, 5) is 16.5. The number of nitrogens with one attached hydrogen (secondary N) is 2. The maximum atomic E-state index is 12.2. The fourth-order valence-corrected chi connectivity index (χ4v) is 3.24. The standard InChI is InChI=1S/C17H27N3O/c1-12-5-4-6-14(9-12)7-8-19-17(21)15-10-13(2)20-16(11-15)18-3/h10-12,14H,4-9H2,1-3H3,(H,18,20)(H,19,21). The van der Waals surface area contributed by atoms with Crippen LogP contribution in [0.25, 0.3) is 0 Å². The molecule has 0 saturated heterocycles. The van der Waals surface area contributed by atoms with Crippen LogP contribution in [0.15, 0.2) is 12.1 Å². The summed E-state index contributed by atoms with van der Waals surface area (Å²) in [5.41, 5.74) is 1.54. The largest absolute Gasteiger partial charge is 0.373 e. The molecular weight excluding hydrogens is 262 g/mol. The molecule has 0 aromatic carbocycles. The molecule has 1 amide bonds. The monoisotopic (exact) mass is 289 g/mol. The number of pyridine rings is 1. The second kappa shape index (κ2) is 7.43. The van der Waals surface area contributed by atoms with E-state index >= 15 is 0 Å². The van der Waals surface area contributed by atoms with Gasteiger partial charge in [0.25, 0.3) is 5.91 Å². The number of aromatic nitrogens is 1. The van der Waals surface area contributed by atoms with Gasteiger partial charge in [0.2, 0.25) is 0 Å². The highest BCUT2D eigenvalue weighted by Crippen LogP contribution is 2.30. The Bertz CT molecular complexity index is 487. The van der Waals surface area contributed by atoms with E-state index in [2.05, 4.69) is 22.5 Å². The zero-order valence-corrected chi connectivity index (χ0v) is 13.4. The van der Waals surface area contributed by atoms with Crippen LogP contribution in [-0.2, 0) is 0 Å². The molecule has 21 heavy (non-hydrogen) atoms. The number of aryl methyl sites for hydroxylation is 1. The number of carbonyl (C=O) groups excluding carboxylic acids is 1. The normalized spacial score (nSPS) is 21.9. The average Bonchev–Trinajstić information content (AvgIpc) is 2.46. The lowest BCUT2D eigenvalue weighted by atomic mass is 9.81. The molecule has 1 aromatic rings. The summed E-state index contributed by atoms with van der Waals surface area (Å²) >= 11 is 0. The first-order valence-electron chi connectivity index (χ1n) is 8.03. The van der Waals surface area contributed by atoms with Crippen molar-refractivity contribution in [3.05, 3.63) is 23.4 Å². The van der Waals surface area contributed by atoms with E-state index in [9.17, 15) is 4.79 Å². The van der Waals surface area contributed by atoms with E-state index in [0.717, 1.165) is 36.3 Å². The van der Waals surface area contributed by atoms with Gasteiger partial charge in [-0.05, 0) is 43.7 Å². The second-order valence-corrected chi connectivity index (χ2v) is 6.31. The molecule has 0 aliphatic heterocycles. The first kappa shape index (κ1) is 15.8. The van der Waals surface area contributed by atoms with Gasteiger partial charge in [-0.2, -0.15) is 0 Å². The van der Waals surface area contributed by atoms with Crippen LogP contribution in [-0.4, -0.2) is 24.5 Å². The molecule has 2 rings (SSSR count). The van der Waals surface area contributed by atoms with Gasteiger partial charge in [0, 0.05) is 24.8 Å². The van der Waals surface area contributed by atoms with Crippen molar-refractivity contribution in [3.8, 4) is 0 Å². The van der Waals surface area contributed by atoms with E-state index in [1.807, 2.05) is 20.0 Å². The van der Waals surface area contributed by atoms with Gasteiger partial charge in [0.1, 0.15) is 5.82 Å². The first-order valence-corrected chi connectivity index (χ1v) is 8.03. The van der Waals surface area contributed by atoms with Crippen molar-refractivity contribution in [2.75, 3.05) is 18.9 Å². The molecule has 4 heteroatoms. The van der Waals surface area contributed by atoms with Gasteiger partial charge in [-0.15, -0.1) is 0 Å². The summed E-state index contributed by atoms with van der Waals surface area (Å²) in [5.74, 6) is 2.36. The summed E-state index contributed by atoms with van der Waals surface area (Å²) in [5, 5.41) is 6.03. The lowest BCUT2D eigenvalue weighted by Crippen LogP contribution is -2.27. The Kier molecular flexibility index (Phi) is 5.59. The molecule has 0 spiro atoms. The summed E-state index contributed by atoms with van der Waals surface area (Å²) in [6, 6.07) is 3.63. The smallest absolute Gasteiger partial charge is 0.251 e. The lowest BCUT2D eigenvalue weighted by molar-refractivity contribution is 0.0949. The summed E-state index contributed by atoms with van der Waals surface area (Å²) in [6.45, 7) is 5.01. The molecule has 4 nitrogen and oxygen atoms in total. The molecule has 1 aromatic heterocycles. The highest BCUT2D eigenvalue weighted by Gasteiger charge is 2.18. The number of anilines is 1. The van der Waals surface area contributed by atoms with Crippen LogP contribution in [0.2, 0.25) is 0 Å². The Hall–Kier alpha value is -1.58. The van der Waals surface area contributed by atoms with Crippen LogP contribution < -0.4 is 10.6 Å². The number of amides is 1. The van der Waals surface area contributed by atoms with Crippen molar-refractivity contribution < 1.29 is 4.79 Å². The Labute approximate surface area is 127 Å². The molecule has 2 N–H and O–H groups in total. The van der Waals surface area contributed by atoms with Crippen molar-refractivity contribution in [2.24, 2.45) is 11.8 Å². The third-order valence-electron chi connectivity index (χ3n) is 4.35. The minimum absolute atomic E-state index is 0.000794. The molecule has 1 heterocycles. The fraction of sp³-hybridized carbons (Fsp3) is 0.647. The van der Waals surface area contributed by atoms with E-state index in [4.69, 9.17) is 0 Å². The molecular formula is C17H27N3O. The van der Waals surface area contributed by atoms with E-state index in [-0.39, 0.29) is 5.91 Å². The minimum Gasteiger partial charge on any atom is -0.373 e. The zero-order valence-electron chi connectivity index (χ0n) is 13.4. The molecule has 1 aliphatic carbocycles. The number of nitrogens with zero attached hydrogens (tertiary/aromatic N) is 1. The quantitative estimate of drug-likeness (QED) is 0.873. The molecule has 2 unspecified atom stereocenters. The van der Waals surface area contributed by atoms with E-state index in [1.54, 1.807) is 6.07 Å². The van der Waals surface area contributed by atoms with Crippen molar-refractivity contribution >= 4 is 11.7 Å². The zero-order chi connectivity index (χ0) is 15.2. The Morgan fingerprint density at radius 2 is 2.19 bits per heavy atom. The third kappa shape index (κ3) is 4.73. The molecule has 0 radical (unpaired) electrons. The summed E-state index contributed by atoms with van der Waals surface area (Å²) in [7, 11) is 1.81. The van der Waals surface area contributed by atoms with Crippen LogP contribution in [0.3, 0.4) is 0 Å². The highest BCUT2D eigenvalue weighted by molar-refractivity contribution is 5.94. The van der Waals surface area contributed by atoms with Crippen LogP contribution in [0.5, 0.6) is 0 Å². The topological polar surface area (TPSA) is 54.0 Å². The van der Waals surface area contributed by atoms with Gasteiger partial charge >= 0.3 is 0 Å². The van der Waals surface area contributed by atoms with Gasteiger partial charge in [0.15, 0.2) is 0 Å². The van der Waals surface area contributed by atoms with Crippen LogP contribution in [0, 0.1) is 18.8 Å². The Morgan fingerprint density at radius 1 is 1.38 bits per heavy atom. The molecule has 2 atom stereocenters. The lowest BCUT2D eigenvalue weighted by Gasteiger charge is -2.26. The molecule has 116 valence electrons. The van der Waals surface area contributed by atoms with E-state index in [0.29, 0.717) is 5.56 Å². The van der Waals surface area contributed by atoms with Gasteiger partial charge in [0.05, 0.1) is 0 Å².